The molecule has 1 aromatic heterocycles. The Bertz CT molecular complexity index is 587. The van der Waals surface area contributed by atoms with E-state index in [-0.39, 0.29) is 5.75 Å². The molecule has 0 amide bonds. The van der Waals surface area contributed by atoms with Gasteiger partial charge in [0.05, 0.1) is 5.75 Å². The predicted molar refractivity (Wildman–Crippen MR) is 68.1 cm³/mol. The zero-order valence-electron chi connectivity index (χ0n) is 8.93. The van der Waals surface area contributed by atoms with E-state index >= 15 is 0 Å². The second-order valence-corrected chi connectivity index (χ2v) is 6.49. The summed E-state index contributed by atoms with van der Waals surface area (Å²) in [6.45, 7) is 2.01. The van der Waals surface area contributed by atoms with E-state index in [9.17, 15) is 8.42 Å². The molecule has 0 unspecified atom stereocenters. The van der Waals surface area contributed by atoms with Gasteiger partial charge in [-0.3, -0.25) is 0 Å². The molecule has 3 nitrogen and oxygen atoms in total. The molecule has 16 heavy (non-hydrogen) atoms. The predicted octanol–water partition coefficient (Wildman–Crippen LogP) is 2.34. The van der Waals surface area contributed by atoms with Gasteiger partial charge in [-0.05, 0) is 29.3 Å². The summed E-state index contributed by atoms with van der Waals surface area (Å²) in [5.41, 5.74) is 1.04. The average Bonchev–Trinajstić information content (AvgIpc) is 2.70. The molecule has 1 heterocycles. The first-order valence-corrected chi connectivity index (χ1v) is 7.58. The van der Waals surface area contributed by atoms with Crippen LogP contribution in [-0.4, -0.2) is 14.2 Å². The molecule has 2 aromatic rings. The Balaban J connectivity index is 2.22. The Kier molecular flexibility index (Phi) is 3.28. The molecule has 0 fully saturated rings. The summed E-state index contributed by atoms with van der Waals surface area (Å²) in [6, 6.07) is 8.00. The molecule has 0 aliphatic heterocycles. The third-order valence-corrected chi connectivity index (χ3v) is 4.78. The highest BCUT2D eigenvalue weighted by molar-refractivity contribution is 7.89. The van der Waals surface area contributed by atoms with Gasteiger partial charge >= 0.3 is 0 Å². The Morgan fingerprint density at radius 2 is 2.06 bits per heavy atom. The fourth-order valence-electron chi connectivity index (χ4n) is 1.46. The molecular weight excluding hydrogens is 242 g/mol. The number of benzene rings is 1. The maximum absolute atomic E-state index is 11.3. The first-order valence-electron chi connectivity index (χ1n) is 5.05. The van der Waals surface area contributed by atoms with Crippen LogP contribution >= 0.6 is 11.3 Å². The average molecular weight is 255 g/mol. The van der Waals surface area contributed by atoms with Gasteiger partial charge in [0.15, 0.2) is 0 Å². The number of rotatable bonds is 4. The minimum atomic E-state index is -3.11. The van der Waals surface area contributed by atoms with Gasteiger partial charge in [0, 0.05) is 11.2 Å². The van der Waals surface area contributed by atoms with Crippen molar-refractivity contribution < 1.29 is 8.42 Å². The summed E-state index contributed by atoms with van der Waals surface area (Å²) in [4.78, 5) is 0. The van der Waals surface area contributed by atoms with Crippen molar-refractivity contribution in [1.29, 1.82) is 0 Å². The Morgan fingerprint density at radius 1 is 1.31 bits per heavy atom. The summed E-state index contributed by atoms with van der Waals surface area (Å²) in [5.74, 6) is 0.120. The van der Waals surface area contributed by atoms with Gasteiger partial charge < -0.3 is 0 Å². The summed E-state index contributed by atoms with van der Waals surface area (Å²) < 4.78 is 26.4. The van der Waals surface area contributed by atoms with Gasteiger partial charge in [0.1, 0.15) is 0 Å². The van der Waals surface area contributed by atoms with Gasteiger partial charge in [-0.15, -0.1) is 11.3 Å². The molecule has 2 rings (SSSR count). The number of hydrogen-bond acceptors (Lipinski definition) is 3. The maximum Gasteiger partial charge on any atom is 0.211 e. The van der Waals surface area contributed by atoms with Crippen molar-refractivity contribution in [2.45, 2.75) is 13.5 Å². The van der Waals surface area contributed by atoms with E-state index in [1.807, 2.05) is 29.6 Å². The molecule has 5 heteroatoms. The quantitative estimate of drug-likeness (QED) is 0.911. The van der Waals surface area contributed by atoms with Gasteiger partial charge in [-0.1, -0.05) is 18.2 Å². The largest absolute Gasteiger partial charge is 0.212 e. The van der Waals surface area contributed by atoms with Gasteiger partial charge in [-0.2, -0.15) is 0 Å². The molecule has 0 spiro atoms. The fraction of sp³-hybridized carbons (Fsp3) is 0.273. The lowest BCUT2D eigenvalue weighted by Gasteiger charge is -2.03. The zero-order chi connectivity index (χ0) is 11.6. The van der Waals surface area contributed by atoms with Crippen LogP contribution in [0.1, 0.15) is 12.5 Å². The van der Waals surface area contributed by atoms with E-state index in [0.29, 0.717) is 6.54 Å². The lowest BCUT2D eigenvalue weighted by atomic mass is 10.2. The number of thiophene rings is 1. The molecule has 1 N–H and O–H groups in total. The summed E-state index contributed by atoms with van der Waals surface area (Å²) in [6.07, 6.45) is 0. The molecule has 0 bridgehead atoms. The summed E-state index contributed by atoms with van der Waals surface area (Å²) >= 11 is 1.64. The number of hydrogen-bond donors (Lipinski definition) is 1. The van der Waals surface area contributed by atoms with E-state index in [2.05, 4.69) is 4.72 Å². The fourth-order valence-corrected chi connectivity index (χ4v) is 3.00. The molecule has 0 saturated heterocycles. The van der Waals surface area contributed by atoms with Crippen LogP contribution in [0.15, 0.2) is 29.6 Å². The Labute approximate surface area is 99.2 Å². The molecule has 0 radical (unpaired) electrons. The van der Waals surface area contributed by atoms with Crippen LogP contribution in [0.25, 0.3) is 10.1 Å². The SMILES string of the molecule is CCS(=O)(=O)NCc1csc2ccccc12. The second-order valence-electron chi connectivity index (χ2n) is 3.48. The molecule has 0 aliphatic carbocycles. The van der Waals surface area contributed by atoms with Crippen molar-refractivity contribution >= 4 is 31.4 Å². The smallest absolute Gasteiger partial charge is 0.211 e. The van der Waals surface area contributed by atoms with E-state index in [1.165, 1.54) is 4.70 Å². The van der Waals surface area contributed by atoms with E-state index in [0.717, 1.165) is 10.9 Å². The lowest BCUT2D eigenvalue weighted by Crippen LogP contribution is -2.24. The highest BCUT2D eigenvalue weighted by Crippen LogP contribution is 2.25. The van der Waals surface area contributed by atoms with Crippen LogP contribution in [0.2, 0.25) is 0 Å². The molecule has 1 aromatic carbocycles. The van der Waals surface area contributed by atoms with Crippen LogP contribution in [-0.2, 0) is 16.6 Å². The standard InChI is InChI=1S/C11H13NO2S2/c1-2-16(13,14)12-7-9-8-15-11-6-4-3-5-10(9)11/h3-6,8,12H,2,7H2,1H3. The first kappa shape index (κ1) is 11.6. The van der Waals surface area contributed by atoms with Crippen LogP contribution < -0.4 is 4.72 Å². The van der Waals surface area contributed by atoms with Crippen LogP contribution in [0, 0.1) is 0 Å². The van der Waals surface area contributed by atoms with Crippen molar-refractivity contribution in [2.24, 2.45) is 0 Å². The second kappa shape index (κ2) is 4.53. The Hall–Kier alpha value is -0.910. The highest BCUT2D eigenvalue weighted by Gasteiger charge is 2.08. The van der Waals surface area contributed by atoms with Gasteiger partial charge in [0.2, 0.25) is 10.0 Å². The van der Waals surface area contributed by atoms with Crippen LogP contribution in [0.4, 0.5) is 0 Å². The minimum Gasteiger partial charge on any atom is -0.212 e. The third kappa shape index (κ3) is 2.42. The molecule has 0 atom stereocenters. The Morgan fingerprint density at radius 3 is 2.81 bits per heavy atom. The zero-order valence-corrected chi connectivity index (χ0v) is 10.6. The van der Waals surface area contributed by atoms with E-state index in [1.54, 1.807) is 18.3 Å². The van der Waals surface area contributed by atoms with Crippen molar-refractivity contribution in [1.82, 2.24) is 4.72 Å². The minimum absolute atomic E-state index is 0.120. The molecule has 0 aliphatic rings. The van der Waals surface area contributed by atoms with Crippen molar-refractivity contribution in [3.8, 4) is 0 Å². The van der Waals surface area contributed by atoms with E-state index < -0.39 is 10.0 Å². The third-order valence-electron chi connectivity index (χ3n) is 2.42. The number of sulfonamides is 1. The lowest BCUT2D eigenvalue weighted by molar-refractivity contribution is 0.583. The van der Waals surface area contributed by atoms with Crippen LogP contribution in [0.5, 0.6) is 0 Å². The van der Waals surface area contributed by atoms with Gasteiger partial charge in [0.25, 0.3) is 0 Å². The topological polar surface area (TPSA) is 46.2 Å². The monoisotopic (exact) mass is 255 g/mol. The maximum atomic E-state index is 11.3. The highest BCUT2D eigenvalue weighted by atomic mass is 32.2. The van der Waals surface area contributed by atoms with E-state index in [4.69, 9.17) is 0 Å². The van der Waals surface area contributed by atoms with Gasteiger partial charge in [-0.25, -0.2) is 13.1 Å². The summed E-state index contributed by atoms with van der Waals surface area (Å²) in [7, 11) is -3.11. The van der Waals surface area contributed by atoms with Crippen molar-refractivity contribution in [2.75, 3.05) is 5.75 Å². The van der Waals surface area contributed by atoms with Crippen molar-refractivity contribution in [3.63, 3.8) is 0 Å². The van der Waals surface area contributed by atoms with Crippen LogP contribution in [0.3, 0.4) is 0 Å². The normalized spacial score (nSPS) is 12.1. The summed E-state index contributed by atoms with van der Waals surface area (Å²) in [5, 5.41) is 3.13. The van der Waals surface area contributed by atoms with Crippen molar-refractivity contribution in [3.05, 3.63) is 35.2 Å². The molecular formula is C11H13NO2S2. The number of fused-ring (bicyclic) bond motifs is 1. The molecule has 86 valence electrons. The number of nitrogens with one attached hydrogen (secondary N) is 1. The molecule has 0 saturated carbocycles. The first-order chi connectivity index (χ1) is 7.62.